The number of nitrogens with zero attached hydrogens (tertiary/aromatic N) is 1. The second-order valence-electron chi connectivity index (χ2n) is 6.09. The number of hydrogen-bond acceptors (Lipinski definition) is 2. The molecule has 20 heavy (non-hydrogen) atoms. The minimum absolute atomic E-state index is 0.0444. The Morgan fingerprint density at radius 1 is 0.900 bits per heavy atom. The van der Waals surface area contributed by atoms with Gasteiger partial charge in [0.2, 0.25) is 11.8 Å². The van der Waals surface area contributed by atoms with Gasteiger partial charge in [-0.25, -0.2) is 0 Å². The Balaban J connectivity index is 1.64. The maximum atomic E-state index is 12.6. The number of hydrogen-bond donors (Lipinski definition) is 0. The average molecular weight is 267 g/mol. The van der Waals surface area contributed by atoms with Crippen LogP contribution in [-0.4, -0.2) is 16.7 Å². The minimum Gasteiger partial charge on any atom is -0.278 e. The standard InChI is InChI=1S/C17H17NO2/c19-16-14-12-6-7-13(9-8-12)15(14)17(20)18(16)10-11-4-2-1-3-5-11/h1-7,12-15H,8-10H2/t12?,13?,14-,15+. The van der Waals surface area contributed by atoms with Crippen LogP contribution in [0.1, 0.15) is 18.4 Å². The molecule has 2 bridgehead atoms. The van der Waals surface area contributed by atoms with Crippen molar-refractivity contribution in [3.8, 4) is 0 Å². The van der Waals surface area contributed by atoms with Gasteiger partial charge in [-0.2, -0.15) is 0 Å². The highest BCUT2D eigenvalue weighted by Crippen LogP contribution is 2.49. The van der Waals surface area contributed by atoms with E-state index in [0.29, 0.717) is 6.54 Å². The second-order valence-corrected chi connectivity index (χ2v) is 6.09. The predicted molar refractivity (Wildman–Crippen MR) is 74.3 cm³/mol. The van der Waals surface area contributed by atoms with Crippen LogP contribution in [0.2, 0.25) is 0 Å². The molecule has 0 radical (unpaired) electrons. The summed E-state index contributed by atoms with van der Waals surface area (Å²) in [6.07, 6.45) is 6.43. The average Bonchev–Trinajstić information content (AvgIpc) is 2.77. The summed E-state index contributed by atoms with van der Waals surface area (Å²) in [4.78, 5) is 26.7. The van der Waals surface area contributed by atoms with Crippen molar-refractivity contribution >= 4 is 11.8 Å². The van der Waals surface area contributed by atoms with Gasteiger partial charge in [-0.3, -0.25) is 14.5 Å². The van der Waals surface area contributed by atoms with Crippen LogP contribution in [0.4, 0.5) is 0 Å². The third-order valence-electron chi connectivity index (χ3n) is 5.03. The number of benzene rings is 1. The van der Waals surface area contributed by atoms with E-state index in [2.05, 4.69) is 12.2 Å². The van der Waals surface area contributed by atoms with Gasteiger partial charge in [0.1, 0.15) is 0 Å². The van der Waals surface area contributed by atoms with Crippen LogP contribution in [0.5, 0.6) is 0 Å². The van der Waals surface area contributed by atoms with E-state index in [0.717, 1.165) is 18.4 Å². The molecule has 1 saturated heterocycles. The number of fused-ring (bicyclic) bond motifs is 1. The van der Waals surface area contributed by atoms with E-state index >= 15 is 0 Å². The fourth-order valence-electron chi connectivity index (χ4n) is 4.06. The molecule has 0 N–H and O–H groups in total. The van der Waals surface area contributed by atoms with Crippen LogP contribution in [0.15, 0.2) is 42.5 Å². The topological polar surface area (TPSA) is 37.4 Å². The molecule has 3 nitrogen and oxygen atoms in total. The number of imide groups is 1. The molecule has 2 unspecified atom stereocenters. The smallest absolute Gasteiger partial charge is 0.234 e. The molecular weight excluding hydrogens is 250 g/mol. The molecule has 0 spiro atoms. The quantitative estimate of drug-likeness (QED) is 0.609. The van der Waals surface area contributed by atoms with Crippen LogP contribution >= 0.6 is 0 Å². The largest absolute Gasteiger partial charge is 0.278 e. The van der Waals surface area contributed by atoms with Crippen molar-refractivity contribution in [3.05, 3.63) is 48.0 Å². The highest BCUT2D eigenvalue weighted by Gasteiger charge is 2.56. The maximum absolute atomic E-state index is 12.6. The lowest BCUT2D eigenvalue weighted by molar-refractivity contribution is -0.140. The highest BCUT2D eigenvalue weighted by atomic mass is 16.2. The fraction of sp³-hybridized carbons (Fsp3) is 0.412. The third kappa shape index (κ3) is 1.59. The summed E-state index contributed by atoms with van der Waals surface area (Å²) in [5.74, 6) is 0.472. The summed E-state index contributed by atoms with van der Waals surface area (Å²) in [5.41, 5.74) is 1.02. The fourth-order valence-corrected chi connectivity index (χ4v) is 4.06. The van der Waals surface area contributed by atoms with Gasteiger partial charge >= 0.3 is 0 Å². The Morgan fingerprint density at radius 2 is 1.45 bits per heavy atom. The highest BCUT2D eigenvalue weighted by molar-refractivity contribution is 6.05. The number of carbonyl (C=O) groups excluding carboxylic acids is 2. The first kappa shape index (κ1) is 11.9. The molecule has 2 amide bonds. The first-order valence-corrected chi connectivity index (χ1v) is 7.33. The van der Waals surface area contributed by atoms with Gasteiger partial charge in [0.15, 0.2) is 0 Å². The van der Waals surface area contributed by atoms with Crippen molar-refractivity contribution in [2.45, 2.75) is 19.4 Å². The van der Waals surface area contributed by atoms with E-state index in [1.165, 1.54) is 4.90 Å². The summed E-state index contributed by atoms with van der Waals surface area (Å²) in [5, 5.41) is 0. The van der Waals surface area contributed by atoms with Crippen molar-refractivity contribution < 1.29 is 9.59 Å². The van der Waals surface area contributed by atoms with E-state index < -0.39 is 0 Å². The molecule has 102 valence electrons. The van der Waals surface area contributed by atoms with Crippen LogP contribution in [0, 0.1) is 23.7 Å². The van der Waals surface area contributed by atoms with Gasteiger partial charge < -0.3 is 0 Å². The Kier molecular flexibility index (Phi) is 2.56. The van der Waals surface area contributed by atoms with Crippen molar-refractivity contribution in [1.29, 1.82) is 0 Å². The van der Waals surface area contributed by atoms with E-state index in [4.69, 9.17) is 0 Å². The number of allylic oxidation sites excluding steroid dienone is 2. The van der Waals surface area contributed by atoms with Crippen molar-refractivity contribution in [2.75, 3.05) is 0 Å². The molecule has 3 heteroatoms. The summed E-state index contributed by atoms with van der Waals surface area (Å²) in [7, 11) is 0. The monoisotopic (exact) mass is 267 g/mol. The van der Waals surface area contributed by atoms with Crippen LogP contribution < -0.4 is 0 Å². The van der Waals surface area contributed by atoms with E-state index in [1.807, 2.05) is 30.3 Å². The maximum Gasteiger partial charge on any atom is 0.234 e. The Morgan fingerprint density at radius 3 is 1.95 bits per heavy atom. The lowest BCUT2D eigenvalue weighted by Crippen LogP contribution is -2.38. The van der Waals surface area contributed by atoms with Crippen molar-refractivity contribution in [1.82, 2.24) is 4.90 Å². The van der Waals surface area contributed by atoms with Crippen molar-refractivity contribution in [2.24, 2.45) is 23.7 Å². The normalized spacial score (nSPS) is 34.7. The van der Waals surface area contributed by atoms with Gasteiger partial charge in [-0.1, -0.05) is 42.5 Å². The Bertz CT molecular complexity index is 560. The molecule has 1 saturated carbocycles. The molecule has 1 aromatic rings. The molecule has 1 aromatic carbocycles. The molecule has 4 atom stereocenters. The van der Waals surface area contributed by atoms with Gasteiger partial charge in [0.25, 0.3) is 0 Å². The second kappa shape index (κ2) is 4.30. The Labute approximate surface area is 118 Å². The van der Waals surface area contributed by atoms with E-state index in [1.54, 1.807) is 0 Å². The summed E-state index contributed by atoms with van der Waals surface area (Å²) >= 11 is 0. The van der Waals surface area contributed by atoms with Crippen LogP contribution in [-0.2, 0) is 16.1 Å². The number of likely N-dealkylation sites (tertiary alicyclic amines) is 1. The number of carbonyl (C=O) groups is 2. The minimum atomic E-state index is -0.0880. The summed E-state index contributed by atoms with van der Waals surface area (Å²) in [6, 6.07) is 9.77. The molecule has 2 fully saturated rings. The Hall–Kier alpha value is -1.90. The zero-order chi connectivity index (χ0) is 13.7. The number of rotatable bonds is 2. The molecule has 5 rings (SSSR count). The zero-order valence-corrected chi connectivity index (χ0v) is 11.2. The molecule has 0 aromatic heterocycles. The SMILES string of the molecule is O=C1[C@@H]2C3C=CC(CC3)[C@@H]2C(=O)N1Cc1ccccc1. The van der Waals surface area contributed by atoms with Crippen molar-refractivity contribution in [3.63, 3.8) is 0 Å². The van der Waals surface area contributed by atoms with Crippen LogP contribution in [0.25, 0.3) is 0 Å². The first-order chi connectivity index (χ1) is 9.75. The molecule has 4 aliphatic rings. The molecule has 1 heterocycles. The molecule has 3 aliphatic carbocycles. The number of amides is 2. The molecular formula is C17H17NO2. The van der Waals surface area contributed by atoms with Crippen LogP contribution in [0.3, 0.4) is 0 Å². The first-order valence-electron chi connectivity index (χ1n) is 7.33. The predicted octanol–water partition coefficient (Wildman–Crippen LogP) is 2.38. The summed E-state index contributed by atoms with van der Waals surface area (Å²) in [6.45, 7) is 0.422. The lowest BCUT2D eigenvalue weighted by atomic mass is 9.63. The third-order valence-corrected chi connectivity index (χ3v) is 5.03. The van der Waals surface area contributed by atoms with Gasteiger partial charge in [-0.05, 0) is 30.2 Å². The van der Waals surface area contributed by atoms with E-state index in [-0.39, 0.29) is 35.5 Å². The molecule has 1 aliphatic heterocycles. The summed E-state index contributed by atoms with van der Waals surface area (Å²) < 4.78 is 0. The van der Waals surface area contributed by atoms with Gasteiger partial charge in [0.05, 0.1) is 18.4 Å². The zero-order valence-electron chi connectivity index (χ0n) is 11.2. The van der Waals surface area contributed by atoms with Gasteiger partial charge in [-0.15, -0.1) is 0 Å². The lowest BCUT2D eigenvalue weighted by Gasteiger charge is -2.38. The van der Waals surface area contributed by atoms with E-state index in [9.17, 15) is 9.59 Å². The van der Waals surface area contributed by atoms with Gasteiger partial charge in [0, 0.05) is 0 Å².